The van der Waals surface area contributed by atoms with Gasteiger partial charge in [-0.15, -0.1) is 6.58 Å². The van der Waals surface area contributed by atoms with E-state index < -0.39 is 41.2 Å². The van der Waals surface area contributed by atoms with Crippen LogP contribution in [-0.4, -0.2) is 38.1 Å². The zero-order chi connectivity index (χ0) is 31.5. The fourth-order valence-corrected chi connectivity index (χ4v) is 3.70. The topological polar surface area (TPSA) is 41.6 Å². The van der Waals surface area contributed by atoms with Crippen LogP contribution in [0.25, 0.3) is 0 Å². The van der Waals surface area contributed by atoms with E-state index in [9.17, 15) is 35.5 Å². The molecule has 0 aromatic heterocycles. The van der Waals surface area contributed by atoms with Crippen LogP contribution in [0, 0.1) is 6.92 Å². The molecule has 4 nitrogen and oxygen atoms in total. The normalized spacial score (nSPS) is 15.9. The van der Waals surface area contributed by atoms with Crippen LogP contribution >= 0.6 is 0 Å². The van der Waals surface area contributed by atoms with Gasteiger partial charge in [0.15, 0.2) is 0 Å². The summed E-state index contributed by atoms with van der Waals surface area (Å²) in [6.07, 6.45) is -5.13. The molecule has 1 atom stereocenters. The van der Waals surface area contributed by atoms with Crippen LogP contribution in [0.3, 0.4) is 0 Å². The first kappa shape index (κ1) is 37.2. The molecule has 0 saturated heterocycles. The number of ether oxygens (including phenoxy) is 1. The van der Waals surface area contributed by atoms with Crippen molar-refractivity contribution in [1.29, 1.82) is 0 Å². The van der Waals surface area contributed by atoms with Gasteiger partial charge in [0.1, 0.15) is 5.60 Å². The molecule has 1 aromatic rings. The number of amides is 1. The Bertz CT molecular complexity index is 1020. The molecule has 1 aromatic carbocycles. The number of aryl methyl sites for hydroxylation is 1. The summed E-state index contributed by atoms with van der Waals surface area (Å²) in [7, 11) is 0.500. The molecular formula is C29H41F7N2O2. The highest BCUT2D eigenvalue weighted by atomic mass is 19.4. The Kier molecular flexibility index (Phi) is 14.7. The first-order valence-electron chi connectivity index (χ1n) is 12.7. The van der Waals surface area contributed by atoms with Crippen molar-refractivity contribution in [3.05, 3.63) is 65.3 Å². The Labute approximate surface area is 233 Å². The van der Waals surface area contributed by atoms with E-state index >= 15 is 0 Å². The molecule has 228 valence electrons. The molecule has 0 saturated carbocycles. The van der Waals surface area contributed by atoms with Gasteiger partial charge in [0.2, 0.25) is 0 Å². The number of hydrogen-bond donors (Lipinski definition) is 1. The molecule has 0 spiro atoms. The van der Waals surface area contributed by atoms with E-state index in [4.69, 9.17) is 4.74 Å². The summed E-state index contributed by atoms with van der Waals surface area (Å²) in [5.74, 6) is 0. The van der Waals surface area contributed by atoms with Crippen molar-refractivity contribution in [2.24, 2.45) is 0 Å². The zero-order valence-electron chi connectivity index (χ0n) is 24.2. The van der Waals surface area contributed by atoms with E-state index in [1.807, 2.05) is 6.08 Å². The number of fused-ring (bicyclic) bond motifs is 1. The molecular weight excluding hydrogens is 541 g/mol. The Morgan fingerprint density at radius 2 is 1.70 bits per heavy atom. The highest BCUT2D eigenvalue weighted by Crippen LogP contribution is 2.41. The molecule has 1 heterocycles. The minimum Gasteiger partial charge on any atom is -0.443 e. The number of nitrogens with one attached hydrogen (secondary N) is 1. The molecule has 1 amide bonds. The third kappa shape index (κ3) is 12.1. The second-order valence-corrected chi connectivity index (χ2v) is 10.1. The maximum atomic E-state index is 13.6. The lowest BCUT2D eigenvalue weighted by Crippen LogP contribution is -2.37. The van der Waals surface area contributed by atoms with Crippen molar-refractivity contribution in [1.82, 2.24) is 5.32 Å². The summed E-state index contributed by atoms with van der Waals surface area (Å²) in [5.41, 5.74) is -1.82. The lowest BCUT2D eigenvalue weighted by atomic mass is 9.95. The van der Waals surface area contributed by atoms with Crippen LogP contribution in [0.4, 0.5) is 41.2 Å². The van der Waals surface area contributed by atoms with Gasteiger partial charge >= 0.3 is 18.4 Å². The molecule has 11 heteroatoms. The first-order chi connectivity index (χ1) is 18.3. The largest absolute Gasteiger partial charge is 0.443 e. The van der Waals surface area contributed by atoms with Crippen LogP contribution in [-0.2, 0) is 10.9 Å². The van der Waals surface area contributed by atoms with Gasteiger partial charge in [0.25, 0.3) is 0 Å². The van der Waals surface area contributed by atoms with Crippen molar-refractivity contribution in [2.75, 3.05) is 25.2 Å². The van der Waals surface area contributed by atoms with Gasteiger partial charge in [-0.3, -0.25) is 9.29 Å². The van der Waals surface area contributed by atoms with Crippen molar-refractivity contribution < 1.29 is 40.3 Å². The van der Waals surface area contributed by atoms with E-state index in [2.05, 4.69) is 25.4 Å². The third-order valence-electron chi connectivity index (χ3n) is 5.53. The number of halogens is 7. The van der Waals surface area contributed by atoms with Gasteiger partial charge in [-0.2, -0.15) is 26.3 Å². The van der Waals surface area contributed by atoms with Crippen LogP contribution < -0.4 is 10.2 Å². The average molecular weight is 583 g/mol. The quantitative estimate of drug-likeness (QED) is 0.214. The van der Waals surface area contributed by atoms with Crippen LogP contribution in [0.5, 0.6) is 0 Å². The van der Waals surface area contributed by atoms with E-state index in [1.165, 1.54) is 24.8 Å². The highest BCUT2D eigenvalue weighted by Gasteiger charge is 2.37. The zero-order valence-corrected chi connectivity index (χ0v) is 24.2. The summed E-state index contributed by atoms with van der Waals surface area (Å²) < 4.78 is 94.1. The Morgan fingerprint density at radius 3 is 2.15 bits per heavy atom. The Hall–Kier alpha value is -2.82. The summed E-state index contributed by atoms with van der Waals surface area (Å²) >= 11 is 0. The Balaban J connectivity index is 0.00000232. The number of anilines is 1. The highest BCUT2D eigenvalue weighted by molar-refractivity contribution is 5.89. The van der Waals surface area contributed by atoms with E-state index in [-0.39, 0.29) is 24.3 Å². The molecule has 1 N–H and O–H groups in total. The monoisotopic (exact) mass is 582 g/mol. The smallest absolute Gasteiger partial charge is 0.416 e. The van der Waals surface area contributed by atoms with Gasteiger partial charge in [0, 0.05) is 24.7 Å². The molecule has 2 rings (SSSR count). The predicted octanol–water partition coefficient (Wildman–Crippen LogP) is 9.41. The minimum absolute atomic E-state index is 0.0122. The lowest BCUT2D eigenvalue weighted by molar-refractivity contribution is -0.138. The third-order valence-corrected chi connectivity index (χ3v) is 5.53. The van der Waals surface area contributed by atoms with Gasteiger partial charge in [-0.05, 0) is 71.1 Å². The summed E-state index contributed by atoms with van der Waals surface area (Å²) in [6.45, 7) is 16.6. The number of alkyl halides is 7. The van der Waals surface area contributed by atoms with Crippen molar-refractivity contribution in [2.45, 2.75) is 84.8 Å². The number of rotatable bonds is 5. The number of nitrogens with zero attached hydrogens (tertiary/aromatic N) is 1. The number of carbonyl (C=O) groups is 1. The van der Waals surface area contributed by atoms with Crippen molar-refractivity contribution >= 4 is 11.8 Å². The fourth-order valence-electron chi connectivity index (χ4n) is 3.70. The molecule has 1 aliphatic rings. The fraction of sp³-hybridized carbons (Fsp3) is 0.552. The standard InChI is InChI=1S/C24H30F6N2O2.C4H8.CH3F/c1-14(10-16(3)23(25,26)27)13-31-19-8-7-9-32(21(33)34-22(4,5)6)20-12-18(24(28,29)30)15(2)11-17(19)20;1-3-4-2;1-2/h10-12,19,31H,3,7-9,13H2,1-2,4-6H3;3H,1,4H2,2H3;1H3/b14-10+;;. The second-order valence-electron chi connectivity index (χ2n) is 10.1. The first-order valence-corrected chi connectivity index (χ1v) is 12.7. The van der Waals surface area contributed by atoms with Gasteiger partial charge in [0.05, 0.1) is 18.4 Å². The number of benzene rings is 1. The minimum atomic E-state index is -4.62. The van der Waals surface area contributed by atoms with E-state index in [0.717, 1.165) is 18.6 Å². The Morgan fingerprint density at radius 1 is 1.15 bits per heavy atom. The lowest BCUT2D eigenvalue weighted by Gasteiger charge is -2.29. The summed E-state index contributed by atoms with van der Waals surface area (Å²) in [5, 5.41) is 3.13. The SMILES string of the molecule is C=C(/C=C(\C)CNC1CCCN(C(=O)OC(C)(C)C)c2cc(C(F)(F)F)c(C)cc21)C(F)(F)F.C=CCC.CF. The molecule has 1 aliphatic heterocycles. The van der Waals surface area contributed by atoms with Gasteiger partial charge < -0.3 is 10.1 Å². The van der Waals surface area contributed by atoms with E-state index in [0.29, 0.717) is 31.2 Å². The predicted molar refractivity (Wildman–Crippen MR) is 146 cm³/mol. The average Bonchev–Trinajstić information content (AvgIpc) is 3.00. The van der Waals surface area contributed by atoms with Crippen molar-refractivity contribution in [3.8, 4) is 0 Å². The summed E-state index contributed by atoms with van der Waals surface area (Å²) in [4.78, 5) is 14.0. The van der Waals surface area contributed by atoms with Gasteiger partial charge in [-0.1, -0.05) is 37.3 Å². The molecule has 0 aliphatic carbocycles. The van der Waals surface area contributed by atoms with Crippen LogP contribution in [0.2, 0.25) is 0 Å². The van der Waals surface area contributed by atoms with Crippen molar-refractivity contribution in [3.63, 3.8) is 0 Å². The number of allylic oxidation sites excluding steroid dienone is 3. The molecule has 1 unspecified atom stereocenters. The van der Waals surface area contributed by atoms with Crippen LogP contribution in [0.1, 0.15) is 76.6 Å². The number of carbonyl (C=O) groups excluding carboxylic acids is 1. The molecule has 0 fully saturated rings. The van der Waals surface area contributed by atoms with E-state index in [1.54, 1.807) is 20.8 Å². The summed E-state index contributed by atoms with van der Waals surface area (Å²) in [6, 6.07) is 1.85. The second kappa shape index (κ2) is 15.8. The molecule has 0 radical (unpaired) electrons. The molecule has 40 heavy (non-hydrogen) atoms. The number of hydrogen-bond acceptors (Lipinski definition) is 3. The van der Waals surface area contributed by atoms with Gasteiger partial charge in [-0.25, -0.2) is 4.79 Å². The maximum Gasteiger partial charge on any atom is 0.416 e. The van der Waals surface area contributed by atoms with Crippen LogP contribution in [0.15, 0.2) is 48.6 Å². The maximum absolute atomic E-state index is 13.6. The molecule has 0 bridgehead atoms.